The van der Waals surface area contributed by atoms with Crippen LogP contribution in [0.15, 0.2) is 65.8 Å². The van der Waals surface area contributed by atoms with E-state index in [9.17, 15) is 4.79 Å². The molecule has 0 aliphatic rings. The summed E-state index contributed by atoms with van der Waals surface area (Å²) in [5.41, 5.74) is 9.55. The third-order valence-corrected chi connectivity index (χ3v) is 6.98. The molecular weight excluding hydrogens is 500 g/mol. The highest BCUT2D eigenvalue weighted by Gasteiger charge is 2.21. The van der Waals surface area contributed by atoms with E-state index in [4.69, 9.17) is 10.7 Å². The molecule has 204 valence electrons. The first-order valence-electron chi connectivity index (χ1n) is 13.6. The second kappa shape index (κ2) is 15.2. The average Bonchev–Trinajstić information content (AvgIpc) is 3.28. The average molecular weight is 541 g/mol. The molecule has 2 aromatic carbocycles. The van der Waals surface area contributed by atoms with Gasteiger partial charge in [-0.2, -0.15) is 0 Å². The highest BCUT2D eigenvalue weighted by atomic mass is 32.2. The van der Waals surface area contributed by atoms with E-state index >= 15 is 0 Å². The Bertz CT molecular complexity index is 1320. The summed E-state index contributed by atoms with van der Waals surface area (Å²) in [7, 11) is 0. The molecule has 39 heavy (non-hydrogen) atoms. The summed E-state index contributed by atoms with van der Waals surface area (Å²) in [4.78, 5) is 19.1. The van der Waals surface area contributed by atoms with Crippen molar-refractivity contribution in [3.05, 3.63) is 60.7 Å². The van der Waals surface area contributed by atoms with Crippen molar-refractivity contribution >= 4 is 17.7 Å². The number of aromatic nitrogens is 2. The number of rotatable bonds is 13. The summed E-state index contributed by atoms with van der Waals surface area (Å²) in [6.07, 6.45) is 3.48. The number of unbranched alkanes of at least 4 members (excludes halogenated alkanes) is 2. The van der Waals surface area contributed by atoms with Gasteiger partial charge in [-0.1, -0.05) is 104 Å². The summed E-state index contributed by atoms with van der Waals surface area (Å²) in [5.74, 6) is 12.3. The van der Waals surface area contributed by atoms with Crippen LogP contribution in [0.25, 0.3) is 22.5 Å². The minimum absolute atomic E-state index is 0.0554. The number of imidazole rings is 1. The maximum Gasteiger partial charge on any atom is 0.227 e. The molecule has 0 bridgehead atoms. The van der Waals surface area contributed by atoms with Crippen LogP contribution >= 0.6 is 11.8 Å². The van der Waals surface area contributed by atoms with Gasteiger partial charge in [-0.05, 0) is 45.6 Å². The number of primary amides is 1. The van der Waals surface area contributed by atoms with Crippen LogP contribution in [0.5, 0.6) is 0 Å². The Labute approximate surface area is 238 Å². The quantitative estimate of drug-likeness (QED) is 0.156. The van der Waals surface area contributed by atoms with Gasteiger partial charge in [0.15, 0.2) is 5.16 Å². The molecule has 0 saturated carbocycles. The molecule has 2 N–H and O–H groups in total. The molecule has 6 heteroatoms. The molecule has 5 nitrogen and oxygen atoms in total. The minimum atomic E-state index is -0.357. The second-order valence-electron chi connectivity index (χ2n) is 10.5. The maximum absolute atomic E-state index is 11.7. The van der Waals surface area contributed by atoms with Crippen LogP contribution in [0.4, 0.5) is 0 Å². The van der Waals surface area contributed by atoms with Crippen molar-refractivity contribution in [1.82, 2.24) is 14.5 Å². The smallest absolute Gasteiger partial charge is 0.227 e. The Kier molecular flexibility index (Phi) is 11.7. The van der Waals surface area contributed by atoms with Gasteiger partial charge in [-0.3, -0.25) is 9.69 Å². The first-order chi connectivity index (χ1) is 18.8. The molecule has 0 unspecified atom stereocenters. The summed E-state index contributed by atoms with van der Waals surface area (Å²) >= 11 is 1.39. The molecule has 1 heterocycles. The van der Waals surface area contributed by atoms with E-state index < -0.39 is 0 Å². The van der Waals surface area contributed by atoms with Crippen molar-refractivity contribution in [2.24, 2.45) is 11.1 Å². The van der Waals surface area contributed by atoms with Crippen molar-refractivity contribution in [1.29, 1.82) is 0 Å². The van der Waals surface area contributed by atoms with E-state index in [0.29, 0.717) is 13.1 Å². The largest absolute Gasteiger partial charge is 0.369 e. The lowest BCUT2D eigenvalue weighted by atomic mass is 9.98. The van der Waals surface area contributed by atoms with Crippen LogP contribution in [-0.4, -0.2) is 45.7 Å². The van der Waals surface area contributed by atoms with E-state index in [1.54, 1.807) is 0 Å². The van der Waals surface area contributed by atoms with Gasteiger partial charge in [0.1, 0.15) is 0 Å². The van der Waals surface area contributed by atoms with Gasteiger partial charge in [0.25, 0.3) is 0 Å². The van der Waals surface area contributed by atoms with E-state index in [0.717, 1.165) is 47.2 Å². The first kappa shape index (κ1) is 30.1. The molecule has 0 aliphatic carbocycles. The van der Waals surface area contributed by atoms with E-state index in [1.165, 1.54) is 24.6 Å². The maximum atomic E-state index is 11.7. The van der Waals surface area contributed by atoms with Crippen molar-refractivity contribution in [3.63, 3.8) is 0 Å². The zero-order chi connectivity index (χ0) is 28.1. The number of nitrogens with two attached hydrogens (primary N) is 1. The number of benzene rings is 2. The van der Waals surface area contributed by atoms with Crippen molar-refractivity contribution < 1.29 is 4.79 Å². The van der Waals surface area contributed by atoms with Gasteiger partial charge >= 0.3 is 0 Å². The molecular formula is C33H40N4OS. The number of amides is 1. The molecule has 1 aromatic heterocycles. The van der Waals surface area contributed by atoms with Crippen LogP contribution < -0.4 is 5.73 Å². The summed E-state index contributed by atoms with van der Waals surface area (Å²) in [6.45, 7) is 11.6. The Hall–Kier alpha value is -3.45. The van der Waals surface area contributed by atoms with Crippen LogP contribution in [0.1, 0.15) is 47.0 Å². The molecule has 0 saturated heterocycles. The van der Waals surface area contributed by atoms with Crippen molar-refractivity contribution in [3.8, 4) is 46.2 Å². The van der Waals surface area contributed by atoms with Gasteiger partial charge in [0.05, 0.1) is 23.7 Å². The highest BCUT2D eigenvalue weighted by molar-refractivity contribution is 7.99. The van der Waals surface area contributed by atoms with E-state index in [1.807, 2.05) is 36.4 Å². The normalized spacial score (nSPS) is 11.0. The van der Waals surface area contributed by atoms with Gasteiger partial charge in [0.2, 0.25) is 5.91 Å². The summed E-state index contributed by atoms with van der Waals surface area (Å²) in [5, 5.41) is 0.794. The molecule has 3 aromatic rings. The number of carbonyl (C=O) groups is 1. The number of hydrogen-bond donors (Lipinski definition) is 1. The molecule has 0 aliphatic heterocycles. The molecule has 0 atom stereocenters. The van der Waals surface area contributed by atoms with Crippen molar-refractivity contribution in [2.75, 3.05) is 25.4 Å². The van der Waals surface area contributed by atoms with E-state index in [-0.39, 0.29) is 17.1 Å². The molecule has 0 fully saturated rings. The third kappa shape index (κ3) is 9.98. The van der Waals surface area contributed by atoms with E-state index in [2.05, 4.69) is 85.1 Å². The van der Waals surface area contributed by atoms with Crippen LogP contribution in [0, 0.1) is 29.1 Å². The Morgan fingerprint density at radius 2 is 1.64 bits per heavy atom. The van der Waals surface area contributed by atoms with Gasteiger partial charge < -0.3 is 10.3 Å². The highest BCUT2D eigenvalue weighted by Crippen LogP contribution is 2.36. The lowest BCUT2D eigenvalue weighted by Crippen LogP contribution is -2.29. The fourth-order valence-corrected chi connectivity index (χ4v) is 4.85. The summed E-state index contributed by atoms with van der Waals surface area (Å²) in [6, 6.07) is 20.5. The number of hydrogen-bond acceptors (Lipinski definition) is 4. The minimum Gasteiger partial charge on any atom is -0.369 e. The fourth-order valence-electron chi connectivity index (χ4n) is 4.08. The number of thioether (sulfide) groups is 1. The van der Waals surface area contributed by atoms with Crippen LogP contribution in [0.3, 0.4) is 0 Å². The topological polar surface area (TPSA) is 64.2 Å². The fraction of sp³-hybridized carbons (Fsp3) is 0.394. The zero-order valence-electron chi connectivity index (χ0n) is 23.7. The summed E-state index contributed by atoms with van der Waals surface area (Å²) < 4.78 is 2.24. The third-order valence-electron chi connectivity index (χ3n) is 5.98. The Balaban J connectivity index is 1.96. The standard InChI is InChI=1S/C33H40N4OS/c1-5-6-15-22-36(23-16-9-14-21-33(2,3)4)24-25-37-31(28-19-12-8-13-20-28)30(27-17-10-7-11-18-27)35-32(37)39-26-29(34)38/h7-8,10-13,17-20H,5-6,15,22-26H2,1-4H3,(H2,34,38). The van der Waals surface area contributed by atoms with Crippen LogP contribution in [0.2, 0.25) is 0 Å². The monoisotopic (exact) mass is 540 g/mol. The van der Waals surface area contributed by atoms with Gasteiger partial charge in [0, 0.05) is 29.6 Å². The predicted octanol–water partition coefficient (Wildman–Crippen LogP) is 6.34. The SMILES string of the molecule is CCCCCN(CC#CC#CC(C)(C)C)CCn1c(SCC(N)=O)nc(-c2ccccc2)c1-c1ccccc1. The van der Waals surface area contributed by atoms with Gasteiger partial charge in [-0.15, -0.1) is 0 Å². The lowest BCUT2D eigenvalue weighted by Gasteiger charge is -2.21. The molecule has 3 rings (SSSR count). The van der Waals surface area contributed by atoms with Crippen LogP contribution in [-0.2, 0) is 11.3 Å². The first-order valence-corrected chi connectivity index (χ1v) is 14.6. The van der Waals surface area contributed by atoms with Crippen molar-refractivity contribution in [2.45, 2.75) is 58.7 Å². The lowest BCUT2D eigenvalue weighted by molar-refractivity contribution is -0.115. The number of carbonyl (C=O) groups excluding carboxylic acids is 1. The number of nitrogens with zero attached hydrogens (tertiary/aromatic N) is 3. The zero-order valence-corrected chi connectivity index (χ0v) is 24.5. The molecule has 1 amide bonds. The predicted molar refractivity (Wildman–Crippen MR) is 164 cm³/mol. The second-order valence-corrected chi connectivity index (χ2v) is 11.5. The molecule has 0 radical (unpaired) electrons. The Morgan fingerprint density at radius 3 is 2.26 bits per heavy atom. The Morgan fingerprint density at radius 1 is 0.974 bits per heavy atom. The van der Waals surface area contributed by atoms with Gasteiger partial charge in [-0.25, -0.2) is 4.98 Å². The molecule has 0 spiro atoms.